The van der Waals surface area contributed by atoms with Crippen LogP contribution < -0.4 is 5.32 Å². The summed E-state index contributed by atoms with van der Waals surface area (Å²) in [5.74, 6) is -1.46. The summed E-state index contributed by atoms with van der Waals surface area (Å²) in [6.45, 7) is -0.398. The van der Waals surface area contributed by atoms with E-state index in [9.17, 15) is 18.8 Å². The van der Waals surface area contributed by atoms with Gasteiger partial charge in [0.15, 0.2) is 0 Å². The van der Waals surface area contributed by atoms with E-state index in [4.69, 9.17) is 0 Å². The second kappa shape index (κ2) is 8.00. The Morgan fingerprint density at radius 3 is 2.54 bits per heavy atom. The summed E-state index contributed by atoms with van der Waals surface area (Å²) in [4.78, 5) is 37.8. The number of hydrogen-bond acceptors (Lipinski definition) is 4. The van der Waals surface area contributed by atoms with Crippen molar-refractivity contribution in [3.63, 3.8) is 0 Å². The first-order valence-electron chi connectivity index (χ1n) is 7.49. The van der Waals surface area contributed by atoms with Crippen LogP contribution in [0.4, 0.5) is 14.9 Å². The van der Waals surface area contributed by atoms with Crippen LogP contribution in [0.15, 0.2) is 53.4 Å². The highest BCUT2D eigenvalue weighted by molar-refractivity contribution is 14.1. The second-order valence-electron chi connectivity index (χ2n) is 5.34. The molecule has 1 fully saturated rings. The number of hydrogen-bond donors (Lipinski definition) is 1. The summed E-state index contributed by atoms with van der Waals surface area (Å²) in [6.07, 6.45) is 1.64. The number of anilines is 1. The molecule has 2 aromatic carbocycles. The Bertz CT molecular complexity index is 915. The lowest BCUT2D eigenvalue weighted by molar-refractivity contribution is -0.127. The van der Waals surface area contributed by atoms with Crippen LogP contribution in [0.5, 0.6) is 0 Å². The number of carbonyl (C=O) groups is 3. The van der Waals surface area contributed by atoms with Crippen LogP contribution in [-0.4, -0.2) is 28.5 Å². The zero-order chi connectivity index (χ0) is 18.7. The number of nitrogens with zero attached hydrogens (tertiary/aromatic N) is 1. The highest BCUT2D eigenvalue weighted by atomic mass is 127. The number of imide groups is 1. The molecule has 1 heterocycles. The first kappa shape index (κ1) is 18.6. The molecule has 0 atom stereocenters. The lowest BCUT2D eigenvalue weighted by atomic mass is 10.2. The number of rotatable bonds is 4. The molecule has 0 unspecified atom stereocenters. The average Bonchev–Trinajstić information content (AvgIpc) is 2.86. The summed E-state index contributed by atoms with van der Waals surface area (Å²) in [5, 5.41) is 2.03. The largest absolute Gasteiger partial charge is 0.325 e. The molecule has 3 rings (SSSR count). The summed E-state index contributed by atoms with van der Waals surface area (Å²) >= 11 is 2.95. The Kier molecular flexibility index (Phi) is 5.72. The monoisotopic (exact) mass is 482 g/mol. The highest BCUT2D eigenvalue weighted by Crippen LogP contribution is 2.32. The minimum absolute atomic E-state index is 0.272. The Labute approximate surface area is 166 Å². The molecule has 0 aliphatic carbocycles. The number of amides is 3. The van der Waals surface area contributed by atoms with Gasteiger partial charge in [-0.2, -0.15) is 0 Å². The smallest absolute Gasteiger partial charge is 0.294 e. The van der Waals surface area contributed by atoms with Gasteiger partial charge in [0.05, 0.1) is 4.91 Å². The van der Waals surface area contributed by atoms with Gasteiger partial charge in [-0.25, -0.2) is 4.39 Å². The van der Waals surface area contributed by atoms with E-state index in [1.807, 2.05) is 24.3 Å². The van der Waals surface area contributed by atoms with E-state index in [2.05, 4.69) is 27.9 Å². The molecule has 1 aliphatic heterocycles. The summed E-state index contributed by atoms with van der Waals surface area (Å²) in [7, 11) is 0. The summed E-state index contributed by atoms with van der Waals surface area (Å²) < 4.78 is 13.8. The molecule has 0 aromatic heterocycles. The van der Waals surface area contributed by atoms with Crippen molar-refractivity contribution in [2.24, 2.45) is 0 Å². The van der Waals surface area contributed by atoms with Crippen LogP contribution in [0.3, 0.4) is 0 Å². The topological polar surface area (TPSA) is 66.5 Å². The molecule has 1 aliphatic rings. The minimum Gasteiger partial charge on any atom is -0.325 e. The first-order valence-corrected chi connectivity index (χ1v) is 9.39. The van der Waals surface area contributed by atoms with Crippen molar-refractivity contribution in [1.29, 1.82) is 0 Å². The molecular formula is C18H12FIN2O3S. The zero-order valence-corrected chi connectivity index (χ0v) is 16.2. The molecule has 0 spiro atoms. The van der Waals surface area contributed by atoms with Crippen LogP contribution in [-0.2, 0) is 9.59 Å². The van der Waals surface area contributed by atoms with E-state index in [0.29, 0.717) is 5.69 Å². The molecule has 3 amide bonds. The van der Waals surface area contributed by atoms with Gasteiger partial charge in [0.25, 0.3) is 11.1 Å². The number of halogens is 2. The molecule has 1 N–H and O–H groups in total. The van der Waals surface area contributed by atoms with Gasteiger partial charge in [0.2, 0.25) is 5.91 Å². The molecule has 5 nitrogen and oxygen atoms in total. The van der Waals surface area contributed by atoms with E-state index >= 15 is 0 Å². The Morgan fingerprint density at radius 2 is 1.85 bits per heavy atom. The molecule has 2 aromatic rings. The number of benzene rings is 2. The van der Waals surface area contributed by atoms with E-state index < -0.39 is 29.4 Å². The molecule has 8 heteroatoms. The van der Waals surface area contributed by atoms with Gasteiger partial charge in [-0.1, -0.05) is 18.2 Å². The normalized spacial score (nSPS) is 15.6. The van der Waals surface area contributed by atoms with E-state index in [0.717, 1.165) is 25.8 Å². The summed E-state index contributed by atoms with van der Waals surface area (Å²) in [6, 6.07) is 12.7. The molecule has 0 bridgehead atoms. The SMILES string of the molecule is O=C(CN1C(=O)S/C(=C\c2ccccc2I)C1=O)Nc1ccc(F)cc1. The minimum atomic E-state index is -0.533. The second-order valence-corrected chi connectivity index (χ2v) is 7.50. The van der Waals surface area contributed by atoms with Gasteiger partial charge in [0.1, 0.15) is 12.4 Å². The van der Waals surface area contributed by atoms with Crippen molar-refractivity contribution in [2.45, 2.75) is 0 Å². The maximum atomic E-state index is 12.9. The van der Waals surface area contributed by atoms with Gasteiger partial charge < -0.3 is 5.32 Å². The molecule has 26 heavy (non-hydrogen) atoms. The maximum absolute atomic E-state index is 12.9. The van der Waals surface area contributed by atoms with Gasteiger partial charge >= 0.3 is 0 Å². The molecule has 132 valence electrons. The fourth-order valence-corrected chi connectivity index (χ4v) is 3.62. The third-order valence-electron chi connectivity index (χ3n) is 3.50. The third-order valence-corrected chi connectivity index (χ3v) is 5.38. The van der Waals surface area contributed by atoms with Gasteiger partial charge in [-0.15, -0.1) is 0 Å². The van der Waals surface area contributed by atoms with Crippen LogP contribution in [0.1, 0.15) is 5.56 Å². The van der Waals surface area contributed by atoms with Crippen molar-refractivity contribution >= 4 is 63.2 Å². The Balaban J connectivity index is 1.70. The van der Waals surface area contributed by atoms with Crippen molar-refractivity contribution < 1.29 is 18.8 Å². The molecular weight excluding hydrogens is 470 g/mol. The van der Waals surface area contributed by atoms with Crippen molar-refractivity contribution in [2.75, 3.05) is 11.9 Å². The lowest BCUT2D eigenvalue weighted by Crippen LogP contribution is -2.36. The highest BCUT2D eigenvalue weighted by Gasteiger charge is 2.36. The van der Waals surface area contributed by atoms with E-state index in [1.54, 1.807) is 6.08 Å². The number of thioether (sulfide) groups is 1. The molecule has 0 saturated carbocycles. The van der Waals surface area contributed by atoms with E-state index in [-0.39, 0.29) is 4.91 Å². The Morgan fingerprint density at radius 1 is 1.15 bits per heavy atom. The lowest BCUT2D eigenvalue weighted by Gasteiger charge is -2.12. The van der Waals surface area contributed by atoms with Crippen LogP contribution in [0.2, 0.25) is 0 Å². The van der Waals surface area contributed by atoms with Gasteiger partial charge in [0, 0.05) is 9.26 Å². The van der Waals surface area contributed by atoms with Gasteiger partial charge in [-0.05, 0) is 76.3 Å². The standard InChI is InChI=1S/C18H12FIN2O3S/c19-12-5-7-13(8-6-12)21-16(23)10-22-17(24)15(26-18(22)25)9-11-3-1-2-4-14(11)20/h1-9H,10H2,(H,21,23)/b15-9-. The third kappa shape index (κ3) is 4.31. The van der Waals surface area contributed by atoms with Gasteiger partial charge in [-0.3, -0.25) is 19.3 Å². The van der Waals surface area contributed by atoms with Crippen LogP contribution in [0.25, 0.3) is 6.08 Å². The molecule has 1 saturated heterocycles. The van der Waals surface area contributed by atoms with Crippen LogP contribution in [0, 0.1) is 9.39 Å². The Hall–Kier alpha value is -2.20. The summed E-state index contributed by atoms with van der Waals surface area (Å²) in [5.41, 5.74) is 1.21. The van der Waals surface area contributed by atoms with Crippen molar-refractivity contribution in [3.05, 3.63) is 68.4 Å². The predicted molar refractivity (Wildman–Crippen MR) is 107 cm³/mol. The maximum Gasteiger partial charge on any atom is 0.294 e. The fourth-order valence-electron chi connectivity index (χ4n) is 2.25. The first-order chi connectivity index (χ1) is 12.4. The fraction of sp³-hybridized carbons (Fsp3) is 0.0556. The van der Waals surface area contributed by atoms with Crippen LogP contribution >= 0.6 is 34.4 Å². The average molecular weight is 482 g/mol. The zero-order valence-electron chi connectivity index (χ0n) is 13.2. The van der Waals surface area contributed by atoms with Crippen molar-refractivity contribution in [1.82, 2.24) is 4.90 Å². The molecule has 0 radical (unpaired) electrons. The quantitative estimate of drug-likeness (QED) is 0.527. The number of nitrogens with one attached hydrogen (secondary N) is 1. The van der Waals surface area contributed by atoms with E-state index in [1.165, 1.54) is 24.3 Å². The number of carbonyl (C=O) groups excluding carboxylic acids is 3. The predicted octanol–water partition coefficient (Wildman–Crippen LogP) is 4.11. The van der Waals surface area contributed by atoms with Crippen molar-refractivity contribution in [3.8, 4) is 0 Å².